The van der Waals surface area contributed by atoms with Gasteiger partial charge in [-0.05, 0) is 12.5 Å². The van der Waals surface area contributed by atoms with Gasteiger partial charge in [0, 0.05) is 6.54 Å². The van der Waals surface area contributed by atoms with Gasteiger partial charge in [-0.25, -0.2) is 0 Å². The Labute approximate surface area is 101 Å². The molecule has 1 aromatic carbocycles. The summed E-state index contributed by atoms with van der Waals surface area (Å²) in [6.45, 7) is 3.35. The van der Waals surface area contributed by atoms with Gasteiger partial charge in [0.15, 0.2) is 0 Å². The molecule has 2 rings (SSSR count). The second-order valence-electron chi connectivity index (χ2n) is 4.15. The lowest BCUT2D eigenvalue weighted by molar-refractivity contribution is -0.146. The number of amides is 1. The number of benzene rings is 1. The van der Waals surface area contributed by atoms with Crippen molar-refractivity contribution in [1.82, 2.24) is 5.32 Å². The summed E-state index contributed by atoms with van der Waals surface area (Å²) in [5.74, 6) is -0.0516. The summed E-state index contributed by atoms with van der Waals surface area (Å²) in [5, 5.41) is 2.79. The van der Waals surface area contributed by atoms with Crippen LogP contribution in [0.4, 0.5) is 0 Å². The van der Waals surface area contributed by atoms with E-state index in [1.807, 2.05) is 30.3 Å². The van der Waals surface area contributed by atoms with Crippen LogP contribution in [-0.4, -0.2) is 31.3 Å². The van der Waals surface area contributed by atoms with Crippen LogP contribution < -0.4 is 5.32 Å². The quantitative estimate of drug-likeness (QED) is 0.850. The summed E-state index contributed by atoms with van der Waals surface area (Å²) in [6, 6.07) is 9.99. The van der Waals surface area contributed by atoms with Crippen molar-refractivity contribution in [3.05, 3.63) is 35.9 Å². The summed E-state index contributed by atoms with van der Waals surface area (Å²) in [5.41, 5.74) is 1.14. The van der Waals surface area contributed by atoms with E-state index in [9.17, 15) is 4.79 Å². The summed E-state index contributed by atoms with van der Waals surface area (Å²) < 4.78 is 11.1. The SMILES string of the molecule is C[C@@H]1O[C@H](COCc2ccccc2)CNC1=O. The van der Waals surface area contributed by atoms with Crippen LogP contribution in [0.2, 0.25) is 0 Å². The predicted molar refractivity (Wildman–Crippen MR) is 63.4 cm³/mol. The average molecular weight is 235 g/mol. The highest BCUT2D eigenvalue weighted by Gasteiger charge is 2.25. The number of morpholine rings is 1. The lowest BCUT2D eigenvalue weighted by Crippen LogP contribution is -2.49. The second-order valence-corrected chi connectivity index (χ2v) is 4.15. The maximum Gasteiger partial charge on any atom is 0.248 e. The Bertz CT molecular complexity index is 366. The highest BCUT2D eigenvalue weighted by atomic mass is 16.5. The van der Waals surface area contributed by atoms with Crippen LogP contribution in [0.5, 0.6) is 0 Å². The Morgan fingerprint density at radius 1 is 1.41 bits per heavy atom. The maximum absolute atomic E-state index is 11.2. The molecule has 0 aromatic heterocycles. The van der Waals surface area contributed by atoms with Crippen LogP contribution in [0, 0.1) is 0 Å². The monoisotopic (exact) mass is 235 g/mol. The molecule has 1 saturated heterocycles. The molecule has 0 saturated carbocycles. The fourth-order valence-electron chi connectivity index (χ4n) is 1.74. The largest absolute Gasteiger partial charge is 0.374 e. The molecule has 0 aliphatic carbocycles. The first-order valence-electron chi connectivity index (χ1n) is 5.80. The minimum absolute atomic E-state index is 0.0496. The zero-order chi connectivity index (χ0) is 12.1. The van der Waals surface area contributed by atoms with Crippen LogP contribution >= 0.6 is 0 Å². The number of carbonyl (C=O) groups is 1. The molecule has 0 radical (unpaired) electrons. The molecule has 0 spiro atoms. The van der Waals surface area contributed by atoms with Crippen LogP contribution in [0.25, 0.3) is 0 Å². The summed E-state index contributed by atoms with van der Waals surface area (Å²) >= 11 is 0. The Morgan fingerprint density at radius 2 is 2.18 bits per heavy atom. The smallest absolute Gasteiger partial charge is 0.248 e. The molecule has 4 heteroatoms. The minimum atomic E-state index is -0.380. The summed E-state index contributed by atoms with van der Waals surface area (Å²) in [6.07, 6.45) is -0.430. The van der Waals surface area contributed by atoms with Gasteiger partial charge >= 0.3 is 0 Å². The Kier molecular flexibility index (Phi) is 4.12. The molecule has 1 amide bonds. The number of rotatable bonds is 4. The molecule has 0 bridgehead atoms. The Balaban J connectivity index is 1.71. The van der Waals surface area contributed by atoms with Crippen LogP contribution in [0.15, 0.2) is 30.3 Å². The van der Waals surface area contributed by atoms with Gasteiger partial charge in [0.25, 0.3) is 0 Å². The van der Waals surface area contributed by atoms with Crippen LogP contribution in [-0.2, 0) is 20.9 Å². The van der Waals surface area contributed by atoms with E-state index < -0.39 is 0 Å². The van der Waals surface area contributed by atoms with E-state index in [-0.39, 0.29) is 18.1 Å². The van der Waals surface area contributed by atoms with Crippen LogP contribution in [0.3, 0.4) is 0 Å². The molecule has 2 atom stereocenters. The Hall–Kier alpha value is -1.39. The van der Waals surface area contributed by atoms with E-state index in [4.69, 9.17) is 9.47 Å². The van der Waals surface area contributed by atoms with Crippen molar-refractivity contribution in [2.75, 3.05) is 13.2 Å². The number of ether oxygens (including phenoxy) is 2. The van der Waals surface area contributed by atoms with Crippen molar-refractivity contribution in [3.8, 4) is 0 Å². The maximum atomic E-state index is 11.2. The van der Waals surface area contributed by atoms with E-state index in [2.05, 4.69) is 5.32 Å². The zero-order valence-electron chi connectivity index (χ0n) is 9.89. The standard InChI is InChI=1S/C13H17NO3/c1-10-13(15)14-7-12(17-10)9-16-8-11-5-3-2-4-6-11/h2-6,10,12H,7-9H2,1H3,(H,14,15)/t10-,12-/m0/s1. The zero-order valence-corrected chi connectivity index (χ0v) is 9.89. The highest BCUT2D eigenvalue weighted by molar-refractivity contribution is 5.80. The van der Waals surface area contributed by atoms with Gasteiger partial charge in [0.2, 0.25) is 5.91 Å². The van der Waals surface area contributed by atoms with Gasteiger partial charge in [-0.15, -0.1) is 0 Å². The van der Waals surface area contributed by atoms with Gasteiger partial charge in [0.05, 0.1) is 19.3 Å². The fourth-order valence-corrected chi connectivity index (χ4v) is 1.74. The molecule has 17 heavy (non-hydrogen) atoms. The number of nitrogens with one attached hydrogen (secondary N) is 1. The van der Waals surface area contributed by atoms with Gasteiger partial charge in [0.1, 0.15) is 6.10 Å². The minimum Gasteiger partial charge on any atom is -0.374 e. The highest BCUT2D eigenvalue weighted by Crippen LogP contribution is 2.07. The van der Waals surface area contributed by atoms with Crippen LogP contribution in [0.1, 0.15) is 12.5 Å². The predicted octanol–water partition coefficient (Wildman–Crippen LogP) is 1.11. The molecule has 1 aliphatic rings. The third kappa shape index (κ3) is 3.54. The molecule has 1 N–H and O–H groups in total. The van der Waals surface area contributed by atoms with Crippen molar-refractivity contribution < 1.29 is 14.3 Å². The topological polar surface area (TPSA) is 47.6 Å². The van der Waals surface area contributed by atoms with Crippen molar-refractivity contribution in [1.29, 1.82) is 0 Å². The van der Waals surface area contributed by atoms with E-state index in [0.29, 0.717) is 19.8 Å². The van der Waals surface area contributed by atoms with Crippen molar-refractivity contribution in [3.63, 3.8) is 0 Å². The van der Waals surface area contributed by atoms with Gasteiger partial charge in [-0.3, -0.25) is 4.79 Å². The molecule has 1 heterocycles. The first-order chi connectivity index (χ1) is 8.25. The Morgan fingerprint density at radius 3 is 2.88 bits per heavy atom. The number of hydrogen-bond donors (Lipinski definition) is 1. The second kappa shape index (κ2) is 5.80. The van der Waals surface area contributed by atoms with E-state index >= 15 is 0 Å². The molecule has 0 unspecified atom stereocenters. The number of carbonyl (C=O) groups excluding carboxylic acids is 1. The average Bonchev–Trinajstić information content (AvgIpc) is 2.35. The molecule has 4 nitrogen and oxygen atoms in total. The van der Waals surface area contributed by atoms with E-state index in [1.165, 1.54) is 0 Å². The van der Waals surface area contributed by atoms with E-state index in [1.54, 1.807) is 6.92 Å². The number of hydrogen-bond acceptors (Lipinski definition) is 3. The van der Waals surface area contributed by atoms with Gasteiger partial charge in [-0.1, -0.05) is 30.3 Å². The van der Waals surface area contributed by atoms with Crippen molar-refractivity contribution in [2.24, 2.45) is 0 Å². The summed E-state index contributed by atoms with van der Waals surface area (Å²) in [4.78, 5) is 11.2. The summed E-state index contributed by atoms with van der Waals surface area (Å²) in [7, 11) is 0. The van der Waals surface area contributed by atoms with Gasteiger partial charge in [-0.2, -0.15) is 0 Å². The fraction of sp³-hybridized carbons (Fsp3) is 0.462. The van der Waals surface area contributed by atoms with Crippen molar-refractivity contribution >= 4 is 5.91 Å². The van der Waals surface area contributed by atoms with Gasteiger partial charge < -0.3 is 14.8 Å². The molecule has 1 aliphatic heterocycles. The lowest BCUT2D eigenvalue weighted by Gasteiger charge is -2.27. The third-order valence-electron chi connectivity index (χ3n) is 2.69. The molecular weight excluding hydrogens is 218 g/mol. The first kappa shape index (κ1) is 12.1. The molecule has 92 valence electrons. The van der Waals surface area contributed by atoms with E-state index in [0.717, 1.165) is 5.56 Å². The first-order valence-corrected chi connectivity index (χ1v) is 5.80. The molecule has 1 fully saturated rings. The lowest BCUT2D eigenvalue weighted by atomic mass is 10.2. The molecular formula is C13H17NO3. The molecule has 1 aromatic rings. The normalized spacial score (nSPS) is 24.4. The third-order valence-corrected chi connectivity index (χ3v) is 2.69. The van der Waals surface area contributed by atoms with Crippen molar-refractivity contribution in [2.45, 2.75) is 25.7 Å².